The van der Waals surface area contributed by atoms with Crippen LogP contribution in [0, 0.1) is 6.92 Å². The van der Waals surface area contributed by atoms with E-state index in [0.717, 1.165) is 17.5 Å². The van der Waals surface area contributed by atoms with Gasteiger partial charge in [0.25, 0.3) is 0 Å². The van der Waals surface area contributed by atoms with E-state index in [1.54, 1.807) is 6.08 Å². The number of rotatable bonds is 5. The van der Waals surface area contributed by atoms with E-state index in [-0.39, 0.29) is 0 Å². The summed E-state index contributed by atoms with van der Waals surface area (Å²) in [7, 11) is 0. The number of pyridine rings is 1. The molecule has 0 aliphatic carbocycles. The Balaban J connectivity index is 2.29. The summed E-state index contributed by atoms with van der Waals surface area (Å²) in [6, 6.07) is 5.82. The molecule has 80 valence electrons. The van der Waals surface area contributed by atoms with Crippen molar-refractivity contribution in [1.82, 2.24) is 10.3 Å². The number of nitrogens with one attached hydrogen (secondary N) is 1. The van der Waals surface area contributed by atoms with E-state index >= 15 is 0 Å². The molecule has 0 fully saturated rings. The molecule has 0 atom stereocenters. The molecule has 1 heterocycles. The minimum atomic E-state index is -0.925. The summed E-state index contributed by atoms with van der Waals surface area (Å²) in [5, 5.41) is 11.4. The molecule has 0 bridgehead atoms. The molecule has 1 rings (SSSR count). The summed E-state index contributed by atoms with van der Waals surface area (Å²) in [6.45, 7) is 3.11. The zero-order valence-electron chi connectivity index (χ0n) is 8.60. The standard InChI is InChI=1S/C11H14N2O2/c1-9-4-2-5-10(13-9)8-12-7-3-6-11(14)15/h2-6,12H,7-8H2,1H3,(H,14,15)/b6-3+. The Kier molecular flexibility index (Phi) is 4.50. The molecule has 1 aromatic rings. The molecule has 0 unspecified atom stereocenters. The van der Waals surface area contributed by atoms with Crippen LogP contribution in [-0.4, -0.2) is 22.6 Å². The maximum Gasteiger partial charge on any atom is 0.328 e. The Morgan fingerprint density at radius 3 is 3.07 bits per heavy atom. The third-order valence-electron chi connectivity index (χ3n) is 1.77. The van der Waals surface area contributed by atoms with Crippen LogP contribution in [0.2, 0.25) is 0 Å². The van der Waals surface area contributed by atoms with Crippen molar-refractivity contribution in [2.75, 3.05) is 6.54 Å². The van der Waals surface area contributed by atoms with Gasteiger partial charge in [0.15, 0.2) is 0 Å². The number of nitrogens with zero attached hydrogens (tertiary/aromatic N) is 1. The Morgan fingerprint density at radius 2 is 2.40 bits per heavy atom. The highest BCUT2D eigenvalue weighted by Crippen LogP contribution is 1.96. The second-order valence-electron chi connectivity index (χ2n) is 3.14. The van der Waals surface area contributed by atoms with Crippen molar-refractivity contribution < 1.29 is 9.90 Å². The lowest BCUT2D eigenvalue weighted by Crippen LogP contribution is -2.14. The summed E-state index contributed by atoms with van der Waals surface area (Å²) in [6.07, 6.45) is 2.69. The molecule has 0 saturated carbocycles. The summed E-state index contributed by atoms with van der Waals surface area (Å²) >= 11 is 0. The van der Waals surface area contributed by atoms with Gasteiger partial charge < -0.3 is 10.4 Å². The van der Waals surface area contributed by atoms with Crippen molar-refractivity contribution in [2.45, 2.75) is 13.5 Å². The van der Waals surface area contributed by atoms with Gasteiger partial charge in [0.05, 0.1) is 5.69 Å². The summed E-state index contributed by atoms with van der Waals surface area (Å²) in [4.78, 5) is 14.5. The van der Waals surface area contributed by atoms with E-state index in [0.29, 0.717) is 13.1 Å². The van der Waals surface area contributed by atoms with E-state index in [4.69, 9.17) is 5.11 Å². The van der Waals surface area contributed by atoms with Gasteiger partial charge in [0, 0.05) is 24.9 Å². The maximum absolute atomic E-state index is 10.2. The van der Waals surface area contributed by atoms with Crippen LogP contribution in [0.5, 0.6) is 0 Å². The van der Waals surface area contributed by atoms with E-state index in [1.165, 1.54) is 0 Å². The molecule has 0 aromatic carbocycles. The van der Waals surface area contributed by atoms with E-state index in [2.05, 4.69) is 10.3 Å². The molecule has 15 heavy (non-hydrogen) atoms. The van der Waals surface area contributed by atoms with Gasteiger partial charge >= 0.3 is 5.97 Å². The van der Waals surface area contributed by atoms with Gasteiger partial charge in [-0.25, -0.2) is 4.79 Å². The van der Waals surface area contributed by atoms with Gasteiger partial charge in [-0.05, 0) is 19.1 Å². The molecule has 0 radical (unpaired) electrons. The molecule has 0 spiro atoms. The summed E-state index contributed by atoms with van der Waals surface area (Å²) in [5.41, 5.74) is 1.94. The topological polar surface area (TPSA) is 62.2 Å². The summed E-state index contributed by atoms with van der Waals surface area (Å²) < 4.78 is 0. The highest BCUT2D eigenvalue weighted by atomic mass is 16.4. The molecule has 0 aliphatic heterocycles. The van der Waals surface area contributed by atoms with E-state index in [9.17, 15) is 4.79 Å². The fourth-order valence-electron chi connectivity index (χ4n) is 1.14. The first-order valence-electron chi connectivity index (χ1n) is 4.71. The third kappa shape index (κ3) is 4.93. The van der Waals surface area contributed by atoms with Gasteiger partial charge in [-0.3, -0.25) is 4.98 Å². The summed E-state index contributed by atoms with van der Waals surface area (Å²) in [5.74, 6) is -0.925. The fraction of sp³-hybridized carbons (Fsp3) is 0.273. The quantitative estimate of drug-likeness (QED) is 0.560. The molecule has 1 aromatic heterocycles. The average molecular weight is 206 g/mol. The lowest BCUT2D eigenvalue weighted by molar-refractivity contribution is -0.131. The molecular formula is C11H14N2O2. The predicted octanol–water partition coefficient (Wildman–Crippen LogP) is 1.12. The normalized spacial score (nSPS) is 10.7. The van der Waals surface area contributed by atoms with Crippen LogP contribution in [-0.2, 0) is 11.3 Å². The van der Waals surface area contributed by atoms with Crippen LogP contribution < -0.4 is 5.32 Å². The van der Waals surface area contributed by atoms with Gasteiger partial charge in [0.2, 0.25) is 0 Å². The van der Waals surface area contributed by atoms with Crippen molar-refractivity contribution >= 4 is 5.97 Å². The number of hydrogen-bond acceptors (Lipinski definition) is 3. The second-order valence-corrected chi connectivity index (χ2v) is 3.14. The van der Waals surface area contributed by atoms with Crippen LogP contribution >= 0.6 is 0 Å². The molecule has 0 saturated heterocycles. The second kappa shape index (κ2) is 5.93. The van der Waals surface area contributed by atoms with Crippen molar-refractivity contribution in [1.29, 1.82) is 0 Å². The molecule has 4 heteroatoms. The van der Waals surface area contributed by atoms with Crippen molar-refractivity contribution in [3.63, 3.8) is 0 Å². The monoisotopic (exact) mass is 206 g/mol. The lowest BCUT2D eigenvalue weighted by Gasteiger charge is -2.01. The Bertz CT molecular complexity index is 361. The number of aliphatic carboxylic acids is 1. The highest BCUT2D eigenvalue weighted by Gasteiger charge is 1.92. The minimum Gasteiger partial charge on any atom is -0.478 e. The molecule has 0 aliphatic rings. The van der Waals surface area contributed by atoms with E-state index < -0.39 is 5.97 Å². The number of hydrogen-bond donors (Lipinski definition) is 2. The lowest BCUT2D eigenvalue weighted by atomic mass is 10.3. The molecular weight excluding hydrogens is 192 g/mol. The molecule has 2 N–H and O–H groups in total. The number of carboxylic acids is 1. The Morgan fingerprint density at radius 1 is 1.60 bits per heavy atom. The first-order valence-corrected chi connectivity index (χ1v) is 4.71. The van der Waals surface area contributed by atoms with Gasteiger partial charge in [-0.15, -0.1) is 0 Å². The SMILES string of the molecule is Cc1cccc(CNC/C=C/C(=O)O)n1. The highest BCUT2D eigenvalue weighted by molar-refractivity contribution is 5.79. The third-order valence-corrected chi connectivity index (χ3v) is 1.77. The van der Waals surface area contributed by atoms with Crippen molar-refractivity contribution in [3.05, 3.63) is 41.7 Å². The maximum atomic E-state index is 10.2. The zero-order chi connectivity index (χ0) is 11.1. The van der Waals surface area contributed by atoms with Gasteiger partial charge in [-0.2, -0.15) is 0 Å². The van der Waals surface area contributed by atoms with Crippen LogP contribution in [0.4, 0.5) is 0 Å². The van der Waals surface area contributed by atoms with Crippen LogP contribution in [0.1, 0.15) is 11.4 Å². The zero-order valence-corrected chi connectivity index (χ0v) is 8.60. The van der Waals surface area contributed by atoms with Gasteiger partial charge in [-0.1, -0.05) is 12.1 Å². The predicted molar refractivity (Wildman–Crippen MR) is 57.5 cm³/mol. The fourth-order valence-corrected chi connectivity index (χ4v) is 1.14. The number of aryl methyl sites for hydroxylation is 1. The molecule has 0 amide bonds. The Labute approximate surface area is 88.7 Å². The van der Waals surface area contributed by atoms with E-state index in [1.807, 2.05) is 25.1 Å². The minimum absolute atomic E-state index is 0.530. The first-order chi connectivity index (χ1) is 7.18. The average Bonchev–Trinajstić information content (AvgIpc) is 2.17. The van der Waals surface area contributed by atoms with Crippen LogP contribution in [0.3, 0.4) is 0 Å². The van der Waals surface area contributed by atoms with Crippen LogP contribution in [0.25, 0.3) is 0 Å². The largest absolute Gasteiger partial charge is 0.478 e. The number of aromatic nitrogens is 1. The smallest absolute Gasteiger partial charge is 0.328 e. The van der Waals surface area contributed by atoms with Gasteiger partial charge in [0.1, 0.15) is 0 Å². The first kappa shape index (κ1) is 11.4. The molecule has 4 nitrogen and oxygen atoms in total. The number of carboxylic acid groups (broad SMARTS) is 1. The Hall–Kier alpha value is -1.68. The van der Waals surface area contributed by atoms with Crippen LogP contribution in [0.15, 0.2) is 30.4 Å². The number of carbonyl (C=O) groups is 1. The van der Waals surface area contributed by atoms with Crippen molar-refractivity contribution in [3.8, 4) is 0 Å². The van der Waals surface area contributed by atoms with Crippen molar-refractivity contribution in [2.24, 2.45) is 0 Å².